The molecule has 1 aliphatic heterocycles. The summed E-state index contributed by atoms with van der Waals surface area (Å²) in [6, 6.07) is 0. The smallest absolute Gasteiger partial charge is 0.327 e. The SMILES string of the molecule is CN1CCC(CCOP(O)O)CC1. The topological polar surface area (TPSA) is 52.9 Å². The normalized spacial score (nSPS) is 21.2. The van der Waals surface area contributed by atoms with Crippen molar-refractivity contribution in [1.82, 2.24) is 4.90 Å². The quantitative estimate of drug-likeness (QED) is 0.674. The molecule has 0 saturated carbocycles. The molecule has 78 valence electrons. The molecule has 0 aromatic heterocycles. The maximum Gasteiger partial charge on any atom is 0.327 e. The van der Waals surface area contributed by atoms with Crippen LogP contribution in [0.4, 0.5) is 0 Å². The highest BCUT2D eigenvalue weighted by atomic mass is 31.2. The second-order valence-electron chi connectivity index (χ2n) is 3.62. The van der Waals surface area contributed by atoms with E-state index in [4.69, 9.17) is 14.3 Å². The Morgan fingerprint density at radius 1 is 1.38 bits per heavy atom. The summed E-state index contributed by atoms with van der Waals surface area (Å²) < 4.78 is 4.73. The van der Waals surface area contributed by atoms with Crippen LogP contribution in [0.2, 0.25) is 0 Å². The first-order valence-electron chi connectivity index (χ1n) is 4.68. The Hall–Kier alpha value is 0.270. The lowest BCUT2D eigenvalue weighted by molar-refractivity contribution is 0.178. The summed E-state index contributed by atoms with van der Waals surface area (Å²) in [4.78, 5) is 19.3. The molecule has 1 fully saturated rings. The Balaban J connectivity index is 2.02. The van der Waals surface area contributed by atoms with Crippen molar-refractivity contribution in [2.24, 2.45) is 5.92 Å². The predicted molar refractivity (Wildman–Crippen MR) is 52.1 cm³/mol. The lowest BCUT2D eigenvalue weighted by Gasteiger charge is -2.28. The van der Waals surface area contributed by atoms with Crippen LogP contribution >= 0.6 is 8.60 Å². The second-order valence-corrected chi connectivity index (χ2v) is 4.38. The maximum atomic E-state index is 8.51. The van der Waals surface area contributed by atoms with Crippen molar-refractivity contribution in [1.29, 1.82) is 0 Å². The Morgan fingerprint density at radius 2 is 2.00 bits per heavy atom. The van der Waals surface area contributed by atoms with Crippen LogP contribution in [-0.4, -0.2) is 41.4 Å². The Bertz CT molecular complexity index is 137. The van der Waals surface area contributed by atoms with Gasteiger partial charge in [0.05, 0.1) is 6.61 Å². The summed E-state index contributed by atoms with van der Waals surface area (Å²) in [5, 5.41) is 0. The molecule has 1 rings (SSSR count). The van der Waals surface area contributed by atoms with E-state index in [0.717, 1.165) is 19.5 Å². The van der Waals surface area contributed by atoms with Crippen molar-refractivity contribution < 1.29 is 14.3 Å². The highest BCUT2D eigenvalue weighted by Crippen LogP contribution is 2.26. The van der Waals surface area contributed by atoms with Gasteiger partial charge in [-0.15, -0.1) is 0 Å². The molecule has 5 heteroatoms. The van der Waals surface area contributed by atoms with Gasteiger partial charge in [-0.1, -0.05) is 0 Å². The number of likely N-dealkylation sites (tertiary alicyclic amines) is 1. The Morgan fingerprint density at radius 3 is 2.54 bits per heavy atom. The van der Waals surface area contributed by atoms with Crippen LogP contribution in [0, 0.1) is 5.92 Å². The molecule has 1 aliphatic rings. The summed E-state index contributed by atoms with van der Waals surface area (Å²) in [6.45, 7) is 2.78. The molecule has 13 heavy (non-hydrogen) atoms. The number of piperidine rings is 1. The zero-order valence-electron chi connectivity index (χ0n) is 8.02. The van der Waals surface area contributed by atoms with Crippen molar-refractivity contribution >= 4 is 8.60 Å². The molecule has 0 unspecified atom stereocenters. The van der Waals surface area contributed by atoms with E-state index < -0.39 is 8.60 Å². The summed E-state index contributed by atoms with van der Waals surface area (Å²) >= 11 is 0. The highest BCUT2D eigenvalue weighted by molar-refractivity contribution is 7.39. The monoisotopic (exact) mass is 207 g/mol. The van der Waals surface area contributed by atoms with E-state index >= 15 is 0 Å². The molecule has 4 nitrogen and oxygen atoms in total. The van der Waals surface area contributed by atoms with Crippen LogP contribution in [-0.2, 0) is 4.52 Å². The van der Waals surface area contributed by atoms with Gasteiger partial charge in [-0.05, 0) is 45.3 Å². The minimum atomic E-state index is -2.15. The third kappa shape index (κ3) is 4.89. The molecule has 0 aliphatic carbocycles. The zero-order chi connectivity index (χ0) is 9.68. The molecule has 0 aromatic carbocycles. The number of rotatable bonds is 4. The molecule has 2 N–H and O–H groups in total. The van der Waals surface area contributed by atoms with E-state index in [1.54, 1.807) is 0 Å². The number of nitrogens with zero attached hydrogens (tertiary/aromatic N) is 1. The minimum Gasteiger partial charge on any atom is -0.328 e. The van der Waals surface area contributed by atoms with E-state index in [9.17, 15) is 0 Å². The van der Waals surface area contributed by atoms with E-state index in [-0.39, 0.29) is 0 Å². The lowest BCUT2D eigenvalue weighted by atomic mass is 9.94. The van der Waals surface area contributed by atoms with Crippen molar-refractivity contribution in [3.05, 3.63) is 0 Å². The molecule has 0 bridgehead atoms. The maximum absolute atomic E-state index is 8.51. The van der Waals surface area contributed by atoms with Gasteiger partial charge >= 0.3 is 8.60 Å². The number of hydrogen-bond donors (Lipinski definition) is 2. The lowest BCUT2D eigenvalue weighted by Crippen LogP contribution is -2.30. The van der Waals surface area contributed by atoms with Gasteiger partial charge in [-0.3, -0.25) is 0 Å². The van der Waals surface area contributed by atoms with Crippen molar-refractivity contribution in [2.75, 3.05) is 26.7 Å². The first kappa shape index (κ1) is 11.3. The van der Waals surface area contributed by atoms with E-state index in [2.05, 4.69) is 11.9 Å². The molecule has 0 atom stereocenters. The number of hydrogen-bond acceptors (Lipinski definition) is 4. The average molecular weight is 207 g/mol. The van der Waals surface area contributed by atoms with Crippen molar-refractivity contribution in [3.8, 4) is 0 Å². The third-order valence-corrected chi connectivity index (χ3v) is 2.98. The van der Waals surface area contributed by atoms with Crippen LogP contribution in [0.15, 0.2) is 0 Å². The minimum absolute atomic E-state index is 0.479. The predicted octanol–water partition coefficient (Wildman–Crippen LogP) is 0.946. The fourth-order valence-corrected chi connectivity index (χ4v) is 1.92. The molecule has 0 spiro atoms. The fourth-order valence-electron chi connectivity index (χ4n) is 1.65. The molecule has 0 aromatic rings. The molecular weight excluding hydrogens is 189 g/mol. The largest absolute Gasteiger partial charge is 0.328 e. The van der Waals surface area contributed by atoms with Gasteiger partial charge in [0.25, 0.3) is 0 Å². The van der Waals surface area contributed by atoms with Crippen LogP contribution in [0.3, 0.4) is 0 Å². The van der Waals surface area contributed by atoms with Crippen LogP contribution in [0.25, 0.3) is 0 Å². The molecule has 0 amide bonds. The van der Waals surface area contributed by atoms with Gasteiger partial charge in [0.1, 0.15) is 0 Å². The summed E-state index contributed by atoms with van der Waals surface area (Å²) in [5.41, 5.74) is 0. The summed E-state index contributed by atoms with van der Waals surface area (Å²) in [7, 11) is -0.0143. The van der Waals surface area contributed by atoms with Gasteiger partial charge in [0, 0.05) is 0 Å². The molecular formula is C8H18NO3P. The summed E-state index contributed by atoms with van der Waals surface area (Å²) in [5.74, 6) is 0.700. The summed E-state index contributed by atoms with van der Waals surface area (Å²) in [6.07, 6.45) is 3.36. The highest BCUT2D eigenvalue weighted by Gasteiger charge is 2.16. The molecule has 1 heterocycles. The van der Waals surface area contributed by atoms with E-state index in [1.165, 1.54) is 12.8 Å². The fraction of sp³-hybridized carbons (Fsp3) is 1.00. The molecule has 1 saturated heterocycles. The van der Waals surface area contributed by atoms with Crippen LogP contribution < -0.4 is 0 Å². The van der Waals surface area contributed by atoms with E-state index in [0.29, 0.717) is 12.5 Å². The van der Waals surface area contributed by atoms with Crippen LogP contribution in [0.5, 0.6) is 0 Å². The van der Waals surface area contributed by atoms with Crippen molar-refractivity contribution in [3.63, 3.8) is 0 Å². The molecule has 0 radical (unpaired) electrons. The van der Waals surface area contributed by atoms with E-state index in [1.807, 2.05) is 0 Å². The Kier molecular flexibility index (Phi) is 5.14. The third-order valence-electron chi connectivity index (χ3n) is 2.57. The van der Waals surface area contributed by atoms with Gasteiger partial charge in [0.2, 0.25) is 0 Å². The average Bonchev–Trinajstić information content (AvgIpc) is 2.08. The van der Waals surface area contributed by atoms with Gasteiger partial charge in [-0.25, -0.2) is 0 Å². The first-order chi connectivity index (χ1) is 6.18. The first-order valence-corrected chi connectivity index (χ1v) is 5.84. The van der Waals surface area contributed by atoms with Gasteiger partial charge in [-0.2, -0.15) is 0 Å². The Labute approximate surface area is 80.5 Å². The standard InChI is InChI=1S/C8H18NO3P/c1-9-5-2-8(3-6-9)4-7-12-13(10)11/h8,10-11H,2-7H2,1H3. The van der Waals surface area contributed by atoms with Crippen molar-refractivity contribution in [2.45, 2.75) is 19.3 Å². The zero-order valence-corrected chi connectivity index (χ0v) is 8.91. The second kappa shape index (κ2) is 5.89. The van der Waals surface area contributed by atoms with Gasteiger partial charge in [0.15, 0.2) is 0 Å². The van der Waals surface area contributed by atoms with Gasteiger partial charge < -0.3 is 19.2 Å². The van der Waals surface area contributed by atoms with Crippen LogP contribution in [0.1, 0.15) is 19.3 Å².